The van der Waals surface area contributed by atoms with Gasteiger partial charge in [0.05, 0.1) is 23.9 Å². The summed E-state index contributed by atoms with van der Waals surface area (Å²) in [5, 5.41) is 14.2. The average molecular weight is 261 g/mol. The number of hydrogen-bond donors (Lipinski definition) is 2. The number of ether oxygens (including phenoxy) is 2. The van der Waals surface area contributed by atoms with Crippen molar-refractivity contribution in [2.45, 2.75) is 13.0 Å². The second-order valence-corrected chi connectivity index (χ2v) is 4.07. The summed E-state index contributed by atoms with van der Waals surface area (Å²) in [5.74, 6) is 0.528. The van der Waals surface area contributed by atoms with Gasteiger partial charge in [-0.05, 0) is 25.1 Å². The Morgan fingerprint density at radius 1 is 1.63 bits per heavy atom. The largest absolute Gasteiger partial charge is 0.489 e. The number of nitrogens with one attached hydrogen (secondary N) is 2. The van der Waals surface area contributed by atoms with Gasteiger partial charge in [-0.25, -0.2) is 4.79 Å². The molecule has 1 atom stereocenters. The fourth-order valence-electron chi connectivity index (χ4n) is 1.50. The normalized spacial score (nSPS) is 16.3. The number of benzene rings is 1. The Kier molecular flexibility index (Phi) is 4.21. The molecular weight excluding hydrogens is 246 g/mol. The summed E-state index contributed by atoms with van der Waals surface area (Å²) >= 11 is 0. The van der Waals surface area contributed by atoms with Crippen LogP contribution in [0.5, 0.6) is 5.75 Å². The summed E-state index contributed by atoms with van der Waals surface area (Å²) in [4.78, 5) is 11.5. The van der Waals surface area contributed by atoms with Gasteiger partial charge >= 0.3 is 6.03 Å². The quantitative estimate of drug-likeness (QED) is 0.786. The van der Waals surface area contributed by atoms with E-state index in [0.29, 0.717) is 36.8 Å². The van der Waals surface area contributed by atoms with Crippen molar-refractivity contribution in [3.05, 3.63) is 23.8 Å². The lowest BCUT2D eigenvalue weighted by Gasteiger charge is -2.12. The number of nitriles is 1. The van der Waals surface area contributed by atoms with Crippen LogP contribution < -0.4 is 15.4 Å². The van der Waals surface area contributed by atoms with Gasteiger partial charge in [-0.3, -0.25) is 0 Å². The lowest BCUT2D eigenvalue weighted by atomic mass is 10.2. The summed E-state index contributed by atoms with van der Waals surface area (Å²) in [5.41, 5.74) is 0.937. The number of epoxide rings is 1. The van der Waals surface area contributed by atoms with Crippen molar-refractivity contribution >= 4 is 11.7 Å². The number of carbonyl (C=O) groups is 1. The number of amides is 2. The molecule has 1 saturated heterocycles. The van der Waals surface area contributed by atoms with Crippen LogP contribution in [0.4, 0.5) is 10.5 Å². The van der Waals surface area contributed by atoms with Crippen LogP contribution in [0.1, 0.15) is 12.5 Å². The lowest BCUT2D eigenvalue weighted by Crippen LogP contribution is -2.28. The zero-order chi connectivity index (χ0) is 13.7. The summed E-state index contributed by atoms with van der Waals surface area (Å²) in [6, 6.07) is 6.59. The third kappa shape index (κ3) is 3.86. The monoisotopic (exact) mass is 261 g/mol. The van der Waals surface area contributed by atoms with Gasteiger partial charge in [-0.15, -0.1) is 0 Å². The maximum atomic E-state index is 11.5. The maximum Gasteiger partial charge on any atom is 0.319 e. The maximum absolute atomic E-state index is 11.5. The molecule has 0 bridgehead atoms. The smallest absolute Gasteiger partial charge is 0.319 e. The molecule has 0 saturated carbocycles. The number of nitrogens with zero attached hydrogens (tertiary/aromatic N) is 1. The molecule has 0 aromatic heterocycles. The Morgan fingerprint density at radius 3 is 3.05 bits per heavy atom. The van der Waals surface area contributed by atoms with Crippen molar-refractivity contribution in [3.8, 4) is 11.8 Å². The van der Waals surface area contributed by atoms with Gasteiger partial charge in [-0.2, -0.15) is 5.26 Å². The van der Waals surface area contributed by atoms with E-state index in [1.165, 1.54) is 0 Å². The number of hydrogen-bond acceptors (Lipinski definition) is 4. The van der Waals surface area contributed by atoms with Gasteiger partial charge in [0.15, 0.2) is 0 Å². The molecule has 2 rings (SSSR count). The van der Waals surface area contributed by atoms with Crippen LogP contribution in [0.15, 0.2) is 18.2 Å². The minimum atomic E-state index is -0.329. The first kappa shape index (κ1) is 13.2. The van der Waals surface area contributed by atoms with Crippen LogP contribution in [0.3, 0.4) is 0 Å². The predicted molar refractivity (Wildman–Crippen MR) is 69.1 cm³/mol. The highest BCUT2D eigenvalue weighted by molar-refractivity contribution is 5.91. The molecule has 2 amide bonds. The van der Waals surface area contributed by atoms with Crippen LogP contribution in [0, 0.1) is 11.3 Å². The van der Waals surface area contributed by atoms with E-state index in [0.717, 1.165) is 0 Å². The first-order chi connectivity index (χ1) is 9.22. The molecule has 1 aromatic carbocycles. The third-order valence-electron chi connectivity index (χ3n) is 2.52. The van der Waals surface area contributed by atoms with E-state index < -0.39 is 0 Å². The number of urea groups is 1. The van der Waals surface area contributed by atoms with Crippen molar-refractivity contribution in [2.75, 3.05) is 25.1 Å². The van der Waals surface area contributed by atoms with E-state index in [4.69, 9.17) is 14.7 Å². The minimum Gasteiger partial charge on any atom is -0.489 e. The van der Waals surface area contributed by atoms with E-state index in [1.807, 2.05) is 13.0 Å². The van der Waals surface area contributed by atoms with Gasteiger partial charge < -0.3 is 20.1 Å². The average Bonchev–Trinajstić information content (AvgIpc) is 3.21. The molecule has 1 aliphatic heterocycles. The molecule has 6 heteroatoms. The molecule has 100 valence electrons. The molecule has 19 heavy (non-hydrogen) atoms. The molecule has 2 N–H and O–H groups in total. The highest BCUT2D eigenvalue weighted by atomic mass is 16.6. The molecule has 1 aliphatic rings. The fraction of sp³-hybridized carbons (Fsp3) is 0.385. The number of anilines is 1. The van der Waals surface area contributed by atoms with E-state index in [9.17, 15) is 4.79 Å². The summed E-state index contributed by atoms with van der Waals surface area (Å²) in [6.45, 7) is 3.49. The molecule has 1 heterocycles. The van der Waals surface area contributed by atoms with Gasteiger partial charge in [0.1, 0.15) is 18.5 Å². The standard InChI is InChI=1S/C13H15N3O3/c1-2-15-13(17)16-11-5-9(6-14)3-4-12(11)19-8-10-7-18-10/h3-5,10H,2,7-8H2,1H3,(H2,15,16,17). The van der Waals surface area contributed by atoms with Crippen molar-refractivity contribution < 1.29 is 14.3 Å². The third-order valence-corrected chi connectivity index (χ3v) is 2.52. The van der Waals surface area contributed by atoms with Crippen molar-refractivity contribution in [2.24, 2.45) is 0 Å². The van der Waals surface area contributed by atoms with E-state index >= 15 is 0 Å². The summed E-state index contributed by atoms with van der Waals surface area (Å²) in [7, 11) is 0. The zero-order valence-electron chi connectivity index (χ0n) is 10.6. The summed E-state index contributed by atoms with van der Waals surface area (Å²) in [6.07, 6.45) is 0.132. The SMILES string of the molecule is CCNC(=O)Nc1cc(C#N)ccc1OCC1CO1. The van der Waals surface area contributed by atoms with Gasteiger partial charge in [0.2, 0.25) is 0 Å². The molecule has 1 unspecified atom stereocenters. The van der Waals surface area contributed by atoms with E-state index in [1.54, 1.807) is 18.2 Å². The summed E-state index contributed by atoms with van der Waals surface area (Å²) < 4.78 is 10.6. The Bertz CT molecular complexity index is 506. The van der Waals surface area contributed by atoms with Gasteiger partial charge in [0, 0.05) is 6.54 Å². The first-order valence-corrected chi connectivity index (χ1v) is 6.06. The van der Waals surface area contributed by atoms with Crippen LogP contribution >= 0.6 is 0 Å². The highest BCUT2D eigenvalue weighted by Gasteiger charge is 2.23. The first-order valence-electron chi connectivity index (χ1n) is 6.06. The van der Waals surface area contributed by atoms with Crippen LogP contribution in [0.25, 0.3) is 0 Å². The fourth-order valence-corrected chi connectivity index (χ4v) is 1.50. The predicted octanol–water partition coefficient (Wildman–Crippen LogP) is 1.48. The molecule has 1 fully saturated rings. The Hall–Kier alpha value is -2.26. The molecule has 0 spiro atoms. The zero-order valence-corrected chi connectivity index (χ0v) is 10.6. The second kappa shape index (κ2) is 6.07. The molecule has 6 nitrogen and oxygen atoms in total. The molecule has 0 aliphatic carbocycles. The Labute approximate surface area is 111 Å². The highest BCUT2D eigenvalue weighted by Crippen LogP contribution is 2.26. The van der Waals surface area contributed by atoms with Crippen LogP contribution in [-0.4, -0.2) is 31.9 Å². The van der Waals surface area contributed by atoms with Gasteiger partial charge in [-0.1, -0.05) is 0 Å². The van der Waals surface area contributed by atoms with Crippen molar-refractivity contribution in [1.29, 1.82) is 5.26 Å². The Morgan fingerprint density at radius 2 is 2.42 bits per heavy atom. The van der Waals surface area contributed by atoms with Crippen molar-refractivity contribution in [3.63, 3.8) is 0 Å². The van der Waals surface area contributed by atoms with E-state index in [2.05, 4.69) is 10.6 Å². The van der Waals surface area contributed by atoms with Crippen LogP contribution in [0.2, 0.25) is 0 Å². The second-order valence-electron chi connectivity index (χ2n) is 4.07. The number of rotatable bonds is 5. The Balaban J connectivity index is 2.10. The molecule has 0 radical (unpaired) electrons. The molecular formula is C13H15N3O3. The number of carbonyl (C=O) groups excluding carboxylic acids is 1. The topological polar surface area (TPSA) is 86.7 Å². The van der Waals surface area contributed by atoms with Gasteiger partial charge in [0.25, 0.3) is 0 Å². The molecule has 1 aromatic rings. The lowest BCUT2D eigenvalue weighted by molar-refractivity contribution is 0.251. The minimum absolute atomic E-state index is 0.132. The van der Waals surface area contributed by atoms with Crippen LogP contribution in [-0.2, 0) is 4.74 Å². The van der Waals surface area contributed by atoms with E-state index in [-0.39, 0.29) is 12.1 Å². The van der Waals surface area contributed by atoms with Crippen molar-refractivity contribution in [1.82, 2.24) is 5.32 Å².